The van der Waals surface area contributed by atoms with Gasteiger partial charge < -0.3 is 19.5 Å². The molecule has 2 saturated carbocycles. The van der Waals surface area contributed by atoms with Crippen molar-refractivity contribution in [1.82, 2.24) is 0 Å². The Hall–Kier alpha value is -2.44. The second-order valence-corrected chi connectivity index (χ2v) is 13.2. The Balaban J connectivity index is 1.05. The number of carbonyl (C=O) groups is 2. The van der Waals surface area contributed by atoms with E-state index in [2.05, 4.69) is 42.2 Å². The van der Waals surface area contributed by atoms with E-state index < -0.39 is 5.97 Å². The Morgan fingerprint density at radius 1 is 1.00 bits per heavy atom. The lowest BCUT2D eigenvalue weighted by Crippen LogP contribution is -2.45. The molecule has 0 amide bonds. The lowest BCUT2D eigenvalue weighted by molar-refractivity contribution is -0.168. The van der Waals surface area contributed by atoms with E-state index in [1.165, 1.54) is 11.1 Å². The first kappa shape index (κ1) is 31.0. The van der Waals surface area contributed by atoms with Gasteiger partial charge in [-0.15, -0.1) is 23.2 Å². The Morgan fingerprint density at radius 3 is 2.50 bits per heavy atom. The molecule has 2 aromatic carbocycles. The number of halogens is 2. The zero-order chi connectivity index (χ0) is 29.7. The first-order chi connectivity index (χ1) is 20.3. The Bertz CT molecular complexity index is 1230. The summed E-state index contributed by atoms with van der Waals surface area (Å²) in [6.45, 7) is 3.44. The second kappa shape index (κ2) is 13.9. The lowest BCUT2D eigenvalue weighted by atomic mass is 9.55. The van der Waals surface area contributed by atoms with Crippen LogP contribution < -0.4 is 4.90 Å². The highest BCUT2D eigenvalue weighted by atomic mass is 35.5. The molecule has 8 heteroatoms. The molecule has 3 aliphatic carbocycles. The maximum atomic E-state index is 12.7. The zero-order valence-electron chi connectivity index (χ0n) is 24.5. The fraction of sp³-hybridized carbons (Fsp3) is 0.588. The van der Waals surface area contributed by atoms with E-state index in [0.29, 0.717) is 41.7 Å². The number of rotatable bonds is 12. The maximum absolute atomic E-state index is 12.7. The van der Waals surface area contributed by atoms with Gasteiger partial charge in [-0.25, -0.2) is 4.79 Å². The van der Waals surface area contributed by atoms with Crippen LogP contribution in [0.1, 0.15) is 74.5 Å². The lowest BCUT2D eigenvalue weighted by Gasteiger charge is -2.50. The van der Waals surface area contributed by atoms with Gasteiger partial charge in [0.15, 0.2) is 6.61 Å². The number of hydrogen-bond acceptors (Lipinski definition) is 6. The monoisotopic (exact) mass is 615 g/mol. The highest BCUT2D eigenvalue weighted by Crippen LogP contribution is 2.61. The fourth-order valence-corrected chi connectivity index (χ4v) is 8.41. The SMILES string of the molecule is C[C@]12CC[C@@H]3c4ccc(O)cc4CC[C@H]3[C@@H]1CC[C@@H]2OC(=O)COC(=O)CCCc1ccc(N(CCCl)CCCl)cc1. The van der Waals surface area contributed by atoms with Gasteiger partial charge in [0.1, 0.15) is 11.9 Å². The molecule has 2 fully saturated rings. The van der Waals surface area contributed by atoms with Gasteiger partial charge in [-0.3, -0.25) is 4.79 Å². The average molecular weight is 617 g/mol. The number of esters is 2. The number of aryl methyl sites for hydroxylation is 2. The molecule has 228 valence electrons. The summed E-state index contributed by atoms with van der Waals surface area (Å²) in [4.78, 5) is 27.2. The molecule has 0 saturated heterocycles. The van der Waals surface area contributed by atoms with Crippen LogP contribution in [-0.2, 0) is 31.9 Å². The minimum Gasteiger partial charge on any atom is -0.508 e. The van der Waals surface area contributed by atoms with E-state index >= 15 is 0 Å². The van der Waals surface area contributed by atoms with Crippen molar-refractivity contribution in [3.63, 3.8) is 0 Å². The third kappa shape index (κ3) is 6.86. The second-order valence-electron chi connectivity index (χ2n) is 12.4. The summed E-state index contributed by atoms with van der Waals surface area (Å²) >= 11 is 11.8. The van der Waals surface area contributed by atoms with Crippen molar-refractivity contribution >= 4 is 40.8 Å². The van der Waals surface area contributed by atoms with E-state index in [-0.39, 0.29) is 30.5 Å². The number of nitrogens with zero attached hydrogens (tertiary/aromatic N) is 1. The first-order valence-electron chi connectivity index (χ1n) is 15.4. The van der Waals surface area contributed by atoms with E-state index in [9.17, 15) is 14.7 Å². The van der Waals surface area contributed by atoms with E-state index in [1.807, 2.05) is 12.1 Å². The number of benzene rings is 2. The van der Waals surface area contributed by atoms with Crippen LogP contribution in [0, 0.1) is 17.3 Å². The van der Waals surface area contributed by atoms with Crippen molar-refractivity contribution < 1.29 is 24.2 Å². The molecule has 0 bridgehead atoms. The zero-order valence-corrected chi connectivity index (χ0v) is 26.0. The predicted octanol–water partition coefficient (Wildman–Crippen LogP) is 7.01. The van der Waals surface area contributed by atoms with E-state index in [1.54, 1.807) is 0 Å². The molecule has 0 aromatic heterocycles. The predicted molar refractivity (Wildman–Crippen MR) is 167 cm³/mol. The molecule has 6 nitrogen and oxygen atoms in total. The van der Waals surface area contributed by atoms with Gasteiger partial charge in [0.2, 0.25) is 0 Å². The van der Waals surface area contributed by atoms with Crippen LogP contribution in [0.15, 0.2) is 42.5 Å². The summed E-state index contributed by atoms with van der Waals surface area (Å²) in [6, 6.07) is 14.1. The van der Waals surface area contributed by atoms with Gasteiger partial charge in [0, 0.05) is 42.4 Å². The van der Waals surface area contributed by atoms with Crippen molar-refractivity contribution in [3.8, 4) is 5.75 Å². The largest absolute Gasteiger partial charge is 0.508 e. The molecule has 3 aliphatic rings. The molecule has 0 aliphatic heterocycles. The summed E-state index contributed by atoms with van der Waals surface area (Å²) in [5.41, 5.74) is 4.86. The van der Waals surface area contributed by atoms with E-state index in [0.717, 1.165) is 69.3 Å². The topological polar surface area (TPSA) is 76.1 Å². The van der Waals surface area contributed by atoms with Gasteiger partial charge in [-0.05, 0) is 110 Å². The number of alkyl halides is 2. The quantitative estimate of drug-likeness (QED) is 0.204. The summed E-state index contributed by atoms with van der Waals surface area (Å²) in [7, 11) is 0. The summed E-state index contributed by atoms with van der Waals surface area (Å²) in [5, 5.41) is 9.93. The highest BCUT2D eigenvalue weighted by molar-refractivity contribution is 6.18. The highest BCUT2D eigenvalue weighted by Gasteiger charge is 2.56. The Morgan fingerprint density at radius 2 is 1.76 bits per heavy atom. The van der Waals surface area contributed by atoms with Crippen LogP contribution in [0.2, 0.25) is 0 Å². The number of fused-ring (bicyclic) bond motifs is 5. The molecule has 1 N–H and O–H groups in total. The number of hydrogen-bond donors (Lipinski definition) is 1. The molecular weight excluding hydrogens is 573 g/mol. The van der Waals surface area contributed by atoms with Crippen LogP contribution in [0.3, 0.4) is 0 Å². The summed E-state index contributed by atoms with van der Waals surface area (Å²) in [5.74, 6) is 2.21. The molecule has 42 heavy (non-hydrogen) atoms. The molecule has 2 aromatic rings. The molecule has 0 unspecified atom stereocenters. The van der Waals surface area contributed by atoms with Crippen LogP contribution in [0.5, 0.6) is 5.75 Å². The number of aromatic hydroxyl groups is 1. The van der Waals surface area contributed by atoms with Crippen LogP contribution in [0.4, 0.5) is 5.69 Å². The van der Waals surface area contributed by atoms with Crippen molar-refractivity contribution in [2.24, 2.45) is 17.3 Å². The summed E-state index contributed by atoms with van der Waals surface area (Å²) in [6.07, 6.45) is 7.62. The third-order valence-corrected chi connectivity index (χ3v) is 10.4. The number of anilines is 1. The van der Waals surface area contributed by atoms with Gasteiger partial charge in [-0.1, -0.05) is 25.1 Å². The molecular formula is C34H43Cl2NO5. The smallest absolute Gasteiger partial charge is 0.344 e. The standard InChI is InChI=1S/C34H43Cl2NO5/c1-34-16-15-28-27-12-10-26(38)21-24(27)7-11-29(28)30(34)13-14-31(34)42-33(40)22-41-32(39)4-2-3-23-5-8-25(9-6-23)37(19-17-35)20-18-36/h5-6,8-10,12,21,28-31,38H,2-4,7,11,13-20,22H2,1H3/t28-,29-,30+,31+,34+/m1/s1. The minimum absolute atomic E-state index is 0.0459. The maximum Gasteiger partial charge on any atom is 0.344 e. The number of carbonyl (C=O) groups excluding carboxylic acids is 2. The number of phenolic OH excluding ortho intramolecular Hbond substituents is 1. The Labute approximate surface area is 259 Å². The van der Waals surface area contributed by atoms with Crippen molar-refractivity contribution in [1.29, 1.82) is 0 Å². The van der Waals surface area contributed by atoms with Gasteiger partial charge in [-0.2, -0.15) is 0 Å². The average Bonchev–Trinajstić information content (AvgIpc) is 3.31. The van der Waals surface area contributed by atoms with Crippen molar-refractivity contribution in [3.05, 3.63) is 59.2 Å². The number of ether oxygens (including phenoxy) is 2. The van der Waals surface area contributed by atoms with Gasteiger partial charge >= 0.3 is 11.9 Å². The molecule has 5 atom stereocenters. The van der Waals surface area contributed by atoms with Crippen LogP contribution in [0.25, 0.3) is 0 Å². The van der Waals surface area contributed by atoms with Crippen LogP contribution >= 0.6 is 23.2 Å². The normalized spacial score (nSPS) is 26.1. The van der Waals surface area contributed by atoms with E-state index in [4.69, 9.17) is 32.7 Å². The fourth-order valence-electron chi connectivity index (χ4n) is 8.00. The van der Waals surface area contributed by atoms with Crippen molar-refractivity contribution in [2.75, 3.05) is 36.4 Å². The third-order valence-electron chi connectivity index (χ3n) is 10.1. The first-order valence-corrected chi connectivity index (χ1v) is 16.5. The van der Waals surface area contributed by atoms with Gasteiger partial charge in [0.25, 0.3) is 0 Å². The number of phenols is 1. The Kier molecular flexibility index (Phi) is 10.3. The molecule has 5 rings (SSSR count). The van der Waals surface area contributed by atoms with Crippen molar-refractivity contribution in [2.45, 2.75) is 76.7 Å². The minimum atomic E-state index is -0.448. The molecule has 0 heterocycles. The van der Waals surface area contributed by atoms with Gasteiger partial charge in [0.05, 0.1) is 0 Å². The summed E-state index contributed by atoms with van der Waals surface area (Å²) < 4.78 is 11.3. The molecule has 0 spiro atoms. The van der Waals surface area contributed by atoms with Crippen LogP contribution in [-0.4, -0.2) is 54.6 Å². The molecule has 0 radical (unpaired) electrons.